The van der Waals surface area contributed by atoms with Crippen molar-refractivity contribution >= 4 is 11.9 Å². The molecule has 3 rings (SSSR count). The van der Waals surface area contributed by atoms with Gasteiger partial charge in [0.05, 0.1) is 26.1 Å². The van der Waals surface area contributed by atoms with Crippen molar-refractivity contribution in [3.8, 4) is 0 Å². The van der Waals surface area contributed by atoms with Crippen molar-refractivity contribution in [2.75, 3.05) is 52.5 Å². The Kier molecular flexibility index (Phi) is 13.8. The molecule has 0 spiro atoms. The summed E-state index contributed by atoms with van der Waals surface area (Å²) in [5.41, 5.74) is 2.33. The van der Waals surface area contributed by atoms with Gasteiger partial charge in [-0.3, -0.25) is 9.59 Å². The first kappa shape index (κ1) is 28.9. The maximum Gasteiger partial charge on any atom is 0.307 e. The molecule has 0 amide bonds. The fraction of sp³-hybridized carbons (Fsp3) is 0.548. The number of carbonyl (C=O) groups is 2. The summed E-state index contributed by atoms with van der Waals surface area (Å²) in [5.74, 6) is -0.363. The summed E-state index contributed by atoms with van der Waals surface area (Å²) < 4.78 is 10.9. The fourth-order valence-electron chi connectivity index (χ4n) is 4.71. The zero-order valence-electron chi connectivity index (χ0n) is 22.3. The first-order valence-electron chi connectivity index (χ1n) is 14.0. The Balaban J connectivity index is 1.37. The van der Waals surface area contributed by atoms with Crippen LogP contribution in [0.3, 0.4) is 0 Å². The number of esters is 2. The molecule has 6 nitrogen and oxygen atoms in total. The third kappa shape index (κ3) is 12.9. The molecule has 0 atom stereocenters. The van der Waals surface area contributed by atoms with E-state index in [0.717, 1.165) is 43.5 Å². The van der Waals surface area contributed by atoms with Gasteiger partial charge < -0.3 is 19.3 Å². The average Bonchev–Trinajstić information content (AvgIpc) is 3.20. The van der Waals surface area contributed by atoms with Crippen LogP contribution < -0.4 is 0 Å². The van der Waals surface area contributed by atoms with Crippen LogP contribution in [-0.4, -0.2) is 74.2 Å². The minimum Gasteiger partial charge on any atom is -0.465 e. The van der Waals surface area contributed by atoms with Crippen LogP contribution >= 0.6 is 0 Å². The minimum absolute atomic E-state index is 0.182. The summed E-state index contributed by atoms with van der Waals surface area (Å²) in [6.45, 7) is 6.29. The first-order chi connectivity index (χ1) is 18.2. The lowest BCUT2D eigenvalue weighted by molar-refractivity contribution is -0.144. The zero-order valence-corrected chi connectivity index (χ0v) is 22.3. The summed E-state index contributed by atoms with van der Waals surface area (Å²) >= 11 is 0. The molecule has 2 aromatic carbocycles. The molecule has 6 heteroatoms. The third-order valence-electron chi connectivity index (χ3n) is 6.90. The molecular weight excluding hydrogens is 464 g/mol. The monoisotopic (exact) mass is 508 g/mol. The Hall–Kier alpha value is -2.70. The molecule has 0 N–H and O–H groups in total. The second-order valence-electron chi connectivity index (χ2n) is 9.86. The van der Waals surface area contributed by atoms with E-state index in [0.29, 0.717) is 39.1 Å². The topological polar surface area (TPSA) is 59.1 Å². The average molecular weight is 509 g/mol. The summed E-state index contributed by atoms with van der Waals surface area (Å²) in [6.07, 6.45) is 8.39. The Labute approximate surface area is 222 Å². The molecule has 1 saturated heterocycles. The second-order valence-corrected chi connectivity index (χ2v) is 9.86. The second kappa shape index (κ2) is 17.7. The van der Waals surface area contributed by atoms with Gasteiger partial charge in [-0.25, -0.2) is 0 Å². The van der Waals surface area contributed by atoms with Crippen molar-refractivity contribution in [3.05, 3.63) is 71.8 Å². The van der Waals surface area contributed by atoms with Crippen molar-refractivity contribution in [2.45, 2.75) is 57.8 Å². The lowest BCUT2D eigenvalue weighted by Gasteiger charge is -2.24. The number of nitrogens with zero attached hydrogens (tertiary/aromatic N) is 2. The highest BCUT2D eigenvalue weighted by molar-refractivity contribution is 5.70. The Morgan fingerprint density at radius 3 is 1.65 bits per heavy atom. The zero-order chi connectivity index (χ0) is 26.0. The van der Waals surface area contributed by atoms with Crippen LogP contribution in [0.4, 0.5) is 0 Å². The standard InChI is InChI=1S/C31H44N2O4/c34-30(36-26-18-28-12-5-3-6-13-28)16-24-33(23-11-22-32-20-9-1-2-10-21-32)25-17-31(35)37-27-19-29-14-7-4-8-15-29/h3-8,12-15H,1-2,9-11,16-27H2. The van der Waals surface area contributed by atoms with E-state index in [1.54, 1.807) is 0 Å². The molecule has 2 aromatic rings. The molecule has 0 unspecified atom stereocenters. The van der Waals surface area contributed by atoms with Crippen LogP contribution in [0.5, 0.6) is 0 Å². The quantitative estimate of drug-likeness (QED) is 0.301. The highest BCUT2D eigenvalue weighted by Gasteiger charge is 2.14. The number of rotatable bonds is 16. The number of benzene rings is 2. The van der Waals surface area contributed by atoms with Gasteiger partial charge in [0.2, 0.25) is 0 Å². The Morgan fingerprint density at radius 2 is 1.16 bits per heavy atom. The van der Waals surface area contributed by atoms with Crippen LogP contribution in [0.25, 0.3) is 0 Å². The Bertz CT molecular complexity index is 821. The van der Waals surface area contributed by atoms with Gasteiger partial charge in [-0.1, -0.05) is 73.5 Å². The molecule has 1 aliphatic heterocycles. The Morgan fingerprint density at radius 1 is 0.676 bits per heavy atom. The van der Waals surface area contributed by atoms with Crippen LogP contribution in [0.15, 0.2) is 60.7 Å². The number of hydrogen-bond acceptors (Lipinski definition) is 6. The molecule has 0 aliphatic carbocycles. The smallest absolute Gasteiger partial charge is 0.307 e. The minimum atomic E-state index is -0.182. The van der Waals surface area contributed by atoms with Gasteiger partial charge in [-0.2, -0.15) is 0 Å². The van der Waals surface area contributed by atoms with Crippen molar-refractivity contribution in [1.82, 2.24) is 9.80 Å². The van der Waals surface area contributed by atoms with E-state index < -0.39 is 0 Å². The van der Waals surface area contributed by atoms with E-state index in [1.807, 2.05) is 60.7 Å². The van der Waals surface area contributed by atoms with Crippen LogP contribution in [0.2, 0.25) is 0 Å². The van der Waals surface area contributed by atoms with Gasteiger partial charge in [0.1, 0.15) is 0 Å². The van der Waals surface area contributed by atoms with E-state index in [2.05, 4.69) is 9.80 Å². The van der Waals surface area contributed by atoms with Gasteiger partial charge in [0, 0.05) is 25.9 Å². The number of likely N-dealkylation sites (tertiary alicyclic amines) is 1. The van der Waals surface area contributed by atoms with E-state index in [1.165, 1.54) is 38.8 Å². The van der Waals surface area contributed by atoms with E-state index in [9.17, 15) is 9.59 Å². The number of ether oxygens (including phenoxy) is 2. The van der Waals surface area contributed by atoms with Gasteiger partial charge >= 0.3 is 11.9 Å². The van der Waals surface area contributed by atoms with Crippen molar-refractivity contribution in [2.24, 2.45) is 0 Å². The van der Waals surface area contributed by atoms with Crippen molar-refractivity contribution < 1.29 is 19.1 Å². The van der Waals surface area contributed by atoms with Crippen LogP contribution in [0.1, 0.15) is 56.1 Å². The maximum atomic E-state index is 12.4. The van der Waals surface area contributed by atoms with E-state index in [4.69, 9.17) is 9.47 Å². The summed E-state index contributed by atoms with van der Waals surface area (Å²) in [7, 11) is 0. The normalized spacial score (nSPS) is 14.3. The maximum absolute atomic E-state index is 12.4. The fourth-order valence-corrected chi connectivity index (χ4v) is 4.71. The van der Waals surface area contributed by atoms with Crippen LogP contribution in [-0.2, 0) is 31.9 Å². The SMILES string of the molecule is O=C(CCN(CCCN1CCCCCC1)CCC(=O)OCCc1ccccc1)OCCc1ccccc1. The molecule has 1 aliphatic rings. The van der Waals surface area contributed by atoms with Gasteiger partial charge in [0.25, 0.3) is 0 Å². The summed E-state index contributed by atoms with van der Waals surface area (Å²) in [6, 6.07) is 20.1. The molecule has 1 fully saturated rings. The summed E-state index contributed by atoms with van der Waals surface area (Å²) in [4.78, 5) is 29.5. The predicted molar refractivity (Wildman–Crippen MR) is 147 cm³/mol. The molecular formula is C31H44N2O4. The van der Waals surface area contributed by atoms with Crippen molar-refractivity contribution in [3.63, 3.8) is 0 Å². The van der Waals surface area contributed by atoms with E-state index in [-0.39, 0.29) is 11.9 Å². The highest BCUT2D eigenvalue weighted by Crippen LogP contribution is 2.10. The molecule has 0 bridgehead atoms. The lowest BCUT2D eigenvalue weighted by Crippen LogP contribution is -2.33. The molecule has 37 heavy (non-hydrogen) atoms. The molecule has 202 valence electrons. The predicted octanol–water partition coefficient (Wildman–Crippen LogP) is 4.91. The number of hydrogen-bond donors (Lipinski definition) is 0. The highest BCUT2D eigenvalue weighted by atomic mass is 16.5. The van der Waals surface area contributed by atoms with Gasteiger partial charge in [-0.15, -0.1) is 0 Å². The lowest BCUT2D eigenvalue weighted by atomic mass is 10.2. The molecule has 0 saturated carbocycles. The summed E-state index contributed by atoms with van der Waals surface area (Å²) in [5, 5.41) is 0. The molecule has 0 radical (unpaired) electrons. The largest absolute Gasteiger partial charge is 0.465 e. The number of carbonyl (C=O) groups excluding carboxylic acids is 2. The van der Waals surface area contributed by atoms with Gasteiger partial charge in [0.15, 0.2) is 0 Å². The van der Waals surface area contributed by atoms with Gasteiger partial charge in [-0.05, 0) is 56.6 Å². The first-order valence-corrected chi connectivity index (χ1v) is 14.0. The van der Waals surface area contributed by atoms with Crippen LogP contribution in [0, 0.1) is 0 Å². The molecule has 0 aromatic heterocycles. The van der Waals surface area contributed by atoms with E-state index >= 15 is 0 Å². The van der Waals surface area contributed by atoms with Crippen molar-refractivity contribution in [1.29, 1.82) is 0 Å². The molecule has 1 heterocycles. The third-order valence-corrected chi connectivity index (χ3v) is 6.90.